The Balaban J connectivity index is 1.98. The van der Waals surface area contributed by atoms with E-state index in [-0.39, 0.29) is 0 Å². The number of carbonyl (C=O) groups is 1. The monoisotopic (exact) mass is 251 g/mol. The molecule has 0 radical (unpaired) electrons. The SMILES string of the molecule is O=CNc1ccccc1C#CCOc1ccccc1. The summed E-state index contributed by atoms with van der Waals surface area (Å²) in [5.41, 5.74) is 1.47. The van der Waals surface area contributed by atoms with Gasteiger partial charge >= 0.3 is 0 Å². The summed E-state index contributed by atoms with van der Waals surface area (Å²) < 4.78 is 5.46. The molecule has 0 spiro atoms. The summed E-state index contributed by atoms with van der Waals surface area (Å²) in [5.74, 6) is 6.68. The second-order valence-corrected chi connectivity index (χ2v) is 3.71. The highest BCUT2D eigenvalue weighted by Crippen LogP contribution is 2.12. The van der Waals surface area contributed by atoms with Crippen molar-refractivity contribution in [2.75, 3.05) is 11.9 Å². The normalized spacial score (nSPS) is 9.05. The number of carbonyl (C=O) groups excluding carboxylic acids is 1. The molecule has 0 aliphatic carbocycles. The quantitative estimate of drug-likeness (QED) is 0.670. The zero-order chi connectivity index (χ0) is 13.3. The van der Waals surface area contributed by atoms with E-state index in [1.54, 1.807) is 6.07 Å². The number of benzene rings is 2. The van der Waals surface area contributed by atoms with E-state index < -0.39 is 0 Å². The van der Waals surface area contributed by atoms with Gasteiger partial charge in [-0.15, -0.1) is 0 Å². The van der Waals surface area contributed by atoms with Crippen molar-refractivity contribution in [2.45, 2.75) is 0 Å². The molecule has 2 aromatic carbocycles. The van der Waals surface area contributed by atoms with Gasteiger partial charge in [0.05, 0.1) is 5.69 Å². The van der Waals surface area contributed by atoms with Crippen LogP contribution in [0.2, 0.25) is 0 Å². The smallest absolute Gasteiger partial charge is 0.211 e. The van der Waals surface area contributed by atoms with Crippen LogP contribution in [0.15, 0.2) is 54.6 Å². The van der Waals surface area contributed by atoms with E-state index in [4.69, 9.17) is 4.74 Å². The Bertz CT molecular complexity index is 597. The number of nitrogens with one attached hydrogen (secondary N) is 1. The lowest BCUT2D eigenvalue weighted by Gasteiger charge is -2.01. The maximum Gasteiger partial charge on any atom is 0.211 e. The zero-order valence-electron chi connectivity index (χ0n) is 10.3. The number of para-hydroxylation sites is 2. The van der Waals surface area contributed by atoms with Crippen LogP contribution in [0.5, 0.6) is 5.75 Å². The van der Waals surface area contributed by atoms with Crippen LogP contribution in [-0.4, -0.2) is 13.0 Å². The number of ether oxygens (including phenoxy) is 1. The molecule has 0 saturated carbocycles. The predicted octanol–water partition coefficient (Wildman–Crippen LogP) is 2.69. The number of amides is 1. The Hall–Kier alpha value is -2.73. The van der Waals surface area contributed by atoms with Gasteiger partial charge in [0, 0.05) is 5.56 Å². The van der Waals surface area contributed by atoms with Crippen molar-refractivity contribution in [1.29, 1.82) is 0 Å². The zero-order valence-corrected chi connectivity index (χ0v) is 10.3. The molecule has 0 aliphatic rings. The van der Waals surface area contributed by atoms with E-state index >= 15 is 0 Å². The summed E-state index contributed by atoms with van der Waals surface area (Å²) in [6, 6.07) is 16.9. The van der Waals surface area contributed by atoms with Crippen LogP contribution in [-0.2, 0) is 4.79 Å². The molecule has 0 bridgehead atoms. The maximum absolute atomic E-state index is 10.5. The van der Waals surface area contributed by atoms with Crippen LogP contribution in [0.3, 0.4) is 0 Å². The molecule has 0 saturated heterocycles. The molecule has 3 heteroatoms. The first-order chi connectivity index (χ1) is 9.40. The average molecular weight is 251 g/mol. The van der Waals surface area contributed by atoms with Crippen molar-refractivity contribution in [3.05, 3.63) is 60.2 Å². The van der Waals surface area contributed by atoms with Gasteiger partial charge in [0.15, 0.2) is 0 Å². The van der Waals surface area contributed by atoms with Gasteiger partial charge in [0.1, 0.15) is 12.4 Å². The number of hydrogen-bond acceptors (Lipinski definition) is 2. The number of anilines is 1. The summed E-state index contributed by atoms with van der Waals surface area (Å²) in [4.78, 5) is 10.5. The average Bonchev–Trinajstić information content (AvgIpc) is 2.47. The van der Waals surface area contributed by atoms with Gasteiger partial charge in [-0.1, -0.05) is 42.2 Å². The lowest BCUT2D eigenvalue weighted by atomic mass is 10.2. The fraction of sp³-hybridized carbons (Fsp3) is 0.0625. The molecule has 0 heterocycles. The van der Waals surface area contributed by atoms with Gasteiger partial charge in [-0.3, -0.25) is 4.79 Å². The summed E-state index contributed by atoms with van der Waals surface area (Å²) in [6.45, 7) is 0.305. The molecule has 0 aromatic heterocycles. The Morgan fingerprint density at radius 3 is 2.58 bits per heavy atom. The fourth-order valence-electron chi connectivity index (χ4n) is 1.55. The lowest BCUT2D eigenvalue weighted by Crippen LogP contribution is -1.97. The van der Waals surface area contributed by atoms with E-state index in [1.165, 1.54) is 0 Å². The topological polar surface area (TPSA) is 38.3 Å². The van der Waals surface area contributed by atoms with E-state index in [0.717, 1.165) is 11.3 Å². The van der Waals surface area contributed by atoms with Crippen molar-refractivity contribution in [3.63, 3.8) is 0 Å². The van der Waals surface area contributed by atoms with Gasteiger partial charge in [0.2, 0.25) is 6.41 Å². The van der Waals surface area contributed by atoms with Crippen LogP contribution < -0.4 is 10.1 Å². The Morgan fingerprint density at radius 1 is 1.05 bits per heavy atom. The minimum absolute atomic E-state index is 0.305. The summed E-state index contributed by atoms with van der Waals surface area (Å²) in [6.07, 6.45) is 0.640. The maximum atomic E-state index is 10.5. The summed E-state index contributed by atoms with van der Waals surface area (Å²) >= 11 is 0. The highest BCUT2D eigenvalue weighted by Gasteiger charge is 1.95. The largest absolute Gasteiger partial charge is 0.481 e. The highest BCUT2D eigenvalue weighted by atomic mass is 16.5. The summed E-state index contributed by atoms with van der Waals surface area (Å²) in [5, 5.41) is 2.61. The summed E-state index contributed by atoms with van der Waals surface area (Å²) in [7, 11) is 0. The third-order valence-electron chi connectivity index (χ3n) is 2.42. The first-order valence-corrected chi connectivity index (χ1v) is 5.86. The van der Waals surface area contributed by atoms with Gasteiger partial charge < -0.3 is 10.1 Å². The Morgan fingerprint density at radius 2 is 1.79 bits per heavy atom. The van der Waals surface area contributed by atoms with Gasteiger partial charge in [-0.25, -0.2) is 0 Å². The molecule has 0 fully saturated rings. The van der Waals surface area contributed by atoms with Crippen molar-refractivity contribution in [2.24, 2.45) is 0 Å². The third-order valence-corrected chi connectivity index (χ3v) is 2.42. The minimum atomic E-state index is 0.305. The molecule has 0 atom stereocenters. The van der Waals surface area contributed by atoms with Crippen LogP contribution in [0, 0.1) is 11.8 Å². The predicted molar refractivity (Wildman–Crippen MR) is 74.9 cm³/mol. The van der Waals surface area contributed by atoms with E-state index in [1.807, 2.05) is 48.5 Å². The standard InChI is InChI=1S/C16H13NO2/c18-13-17-16-11-5-4-7-14(16)8-6-12-19-15-9-2-1-3-10-15/h1-5,7,9-11,13H,12H2,(H,17,18). The first-order valence-electron chi connectivity index (χ1n) is 5.86. The number of rotatable bonds is 4. The van der Waals surface area contributed by atoms with Crippen LogP contribution in [0.25, 0.3) is 0 Å². The lowest BCUT2D eigenvalue weighted by molar-refractivity contribution is -0.105. The second kappa shape index (κ2) is 6.87. The third kappa shape index (κ3) is 3.90. The van der Waals surface area contributed by atoms with Crippen LogP contribution in [0.1, 0.15) is 5.56 Å². The Labute approximate surface area is 112 Å². The minimum Gasteiger partial charge on any atom is -0.481 e. The molecule has 3 nitrogen and oxygen atoms in total. The molecule has 1 N–H and O–H groups in total. The number of hydrogen-bond donors (Lipinski definition) is 1. The molecular weight excluding hydrogens is 238 g/mol. The van der Waals surface area contributed by atoms with E-state index in [2.05, 4.69) is 17.2 Å². The fourth-order valence-corrected chi connectivity index (χ4v) is 1.55. The molecule has 0 aliphatic heterocycles. The van der Waals surface area contributed by atoms with Crippen molar-refractivity contribution in [1.82, 2.24) is 0 Å². The second-order valence-electron chi connectivity index (χ2n) is 3.71. The van der Waals surface area contributed by atoms with Crippen molar-refractivity contribution in [3.8, 4) is 17.6 Å². The molecule has 2 rings (SSSR count). The molecule has 0 unspecified atom stereocenters. The molecule has 2 aromatic rings. The van der Waals surface area contributed by atoms with E-state index in [0.29, 0.717) is 18.7 Å². The Kier molecular flexibility index (Phi) is 4.60. The van der Waals surface area contributed by atoms with Gasteiger partial charge in [-0.2, -0.15) is 0 Å². The van der Waals surface area contributed by atoms with Gasteiger partial charge in [0.25, 0.3) is 0 Å². The van der Waals surface area contributed by atoms with Crippen LogP contribution >= 0.6 is 0 Å². The van der Waals surface area contributed by atoms with Gasteiger partial charge in [-0.05, 0) is 24.3 Å². The molecule has 1 amide bonds. The van der Waals surface area contributed by atoms with Crippen molar-refractivity contribution < 1.29 is 9.53 Å². The highest BCUT2D eigenvalue weighted by molar-refractivity contribution is 5.75. The van der Waals surface area contributed by atoms with Crippen molar-refractivity contribution >= 4 is 12.1 Å². The molecule has 94 valence electrons. The van der Waals surface area contributed by atoms with Crippen LogP contribution in [0.4, 0.5) is 5.69 Å². The molecular formula is C16H13NO2. The molecule has 19 heavy (non-hydrogen) atoms. The van der Waals surface area contributed by atoms with E-state index in [9.17, 15) is 4.79 Å². The first kappa shape index (κ1) is 12.7.